The highest BCUT2D eigenvalue weighted by atomic mass is 32.2. The minimum atomic E-state index is -4.52. The van der Waals surface area contributed by atoms with Gasteiger partial charge in [-0.15, -0.1) is 23.1 Å². The topological polar surface area (TPSA) is 60.3 Å². The first-order valence-electron chi connectivity index (χ1n) is 10.1. The lowest BCUT2D eigenvalue weighted by Gasteiger charge is -2.20. The van der Waals surface area contributed by atoms with Crippen LogP contribution in [0.15, 0.2) is 51.5 Å². The van der Waals surface area contributed by atoms with Crippen LogP contribution in [0.5, 0.6) is 0 Å². The fourth-order valence-electron chi connectivity index (χ4n) is 3.89. The van der Waals surface area contributed by atoms with E-state index >= 15 is 0 Å². The Labute approximate surface area is 196 Å². The number of halogens is 3. The molecule has 0 aliphatic carbocycles. The number of hydrogen-bond donors (Lipinski definition) is 1. The Hall–Kier alpha value is -2.56. The number of fused-ring (bicyclic) bond motifs is 3. The second-order valence-corrected chi connectivity index (χ2v) is 9.79. The molecule has 2 aromatic heterocycles. The van der Waals surface area contributed by atoms with Crippen LogP contribution in [-0.2, 0) is 17.3 Å². The molecule has 1 aliphatic rings. The quantitative estimate of drug-likeness (QED) is 0.508. The Morgan fingerprint density at radius 3 is 2.73 bits per heavy atom. The zero-order valence-corrected chi connectivity index (χ0v) is 19.5. The van der Waals surface area contributed by atoms with E-state index < -0.39 is 23.1 Å². The second-order valence-electron chi connectivity index (χ2n) is 7.56. The summed E-state index contributed by atoms with van der Waals surface area (Å²) in [5.41, 5.74) is -0.114. The van der Waals surface area contributed by atoms with Crippen LogP contribution < -0.4 is 10.7 Å². The molecule has 0 fully saturated rings. The van der Waals surface area contributed by atoms with Crippen LogP contribution in [0.4, 0.5) is 13.2 Å². The Morgan fingerprint density at radius 2 is 2.06 bits per heavy atom. The summed E-state index contributed by atoms with van der Waals surface area (Å²) in [6.07, 6.45) is -4.21. The van der Waals surface area contributed by atoms with E-state index in [-0.39, 0.29) is 24.0 Å². The lowest BCUT2D eigenvalue weighted by Crippen LogP contribution is -2.34. The molecule has 1 aromatic carbocycles. The number of pyridine rings is 1. The van der Waals surface area contributed by atoms with Crippen molar-refractivity contribution in [3.63, 3.8) is 0 Å². The summed E-state index contributed by atoms with van der Waals surface area (Å²) in [6.45, 7) is 2.14. The normalized spacial score (nSPS) is 15.5. The largest absolute Gasteiger partial charge is 0.416 e. The molecule has 5 nitrogen and oxygen atoms in total. The smallest absolute Gasteiger partial charge is 0.383 e. The maximum absolute atomic E-state index is 13.5. The monoisotopic (exact) mass is 494 g/mol. The molecule has 4 rings (SSSR count). The van der Waals surface area contributed by atoms with Crippen molar-refractivity contribution >= 4 is 29.0 Å². The van der Waals surface area contributed by atoms with E-state index in [0.717, 1.165) is 17.0 Å². The van der Waals surface area contributed by atoms with Crippen molar-refractivity contribution in [3.05, 3.63) is 79.4 Å². The van der Waals surface area contributed by atoms with Gasteiger partial charge in [0, 0.05) is 52.6 Å². The molecule has 0 saturated carbocycles. The number of carbonyl (C=O) groups is 1. The molecule has 0 radical (unpaired) electrons. The van der Waals surface area contributed by atoms with E-state index in [0.29, 0.717) is 28.4 Å². The van der Waals surface area contributed by atoms with Crippen molar-refractivity contribution in [1.82, 2.24) is 9.88 Å². The Balaban J connectivity index is 1.96. The van der Waals surface area contributed by atoms with Crippen LogP contribution in [0.25, 0.3) is 5.69 Å². The minimum Gasteiger partial charge on any atom is -0.383 e. The van der Waals surface area contributed by atoms with E-state index in [1.165, 1.54) is 42.3 Å². The van der Waals surface area contributed by atoms with E-state index in [9.17, 15) is 22.8 Å². The molecular weight excluding hydrogens is 473 g/mol. The number of benzene rings is 1. The van der Waals surface area contributed by atoms with Crippen LogP contribution in [-0.4, -0.2) is 30.7 Å². The highest BCUT2D eigenvalue weighted by Crippen LogP contribution is 2.46. The average molecular weight is 495 g/mol. The highest BCUT2D eigenvalue weighted by Gasteiger charge is 2.34. The average Bonchev–Trinajstić information content (AvgIpc) is 3.22. The number of thiophene rings is 1. The number of aromatic nitrogens is 1. The van der Waals surface area contributed by atoms with E-state index in [1.54, 1.807) is 11.5 Å². The third-order valence-corrected chi connectivity index (χ3v) is 7.79. The van der Waals surface area contributed by atoms with Gasteiger partial charge in [0.2, 0.25) is 0 Å². The first kappa shape index (κ1) is 23.6. The molecule has 1 unspecified atom stereocenters. The zero-order valence-electron chi connectivity index (χ0n) is 17.9. The number of carbonyl (C=O) groups excluding carboxylic acids is 1. The Morgan fingerprint density at radius 1 is 1.27 bits per heavy atom. The highest BCUT2D eigenvalue weighted by molar-refractivity contribution is 7.99. The van der Waals surface area contributed by atoms with Gasteiger partial charge in [-0.1, -0.05) is 6.07 Å². The van der Waals surface area contributed by atoms with Crippen LogP contribution in [0.2, 0.25) is 0 Å². The summed E-state index contributed by atoms with van der Waals surface area (Å²) in [4.78, 5) is 27.6. The molecule has 1 atom stereocenters. The van der Waals surface area contributed by atoms with E-state index in [1.807, 2.05) is 17.5 Å². The van der Waals surface area contributed by atoms with Gasteiger partial charge in [0.1, 0.15) is 5.56 Å². The van der Waals surface area contributed by atoms with Gasteiger partial charge in [0.15, 0.2) is 5.43 Å². The molecule has 3 heterocycles. The molecule has 0 spiro atoms. The molecule has 1 amide bonds. The van der Waals surface area contributed by atoms with Gasteiger partial charge in [-0.3, -0.25) is 9.59 Å². The van der Waals surface area contributed by atoms with Gasteiger partial charge in [0.25, 0.3) is 5.91 Å². The molecule has 0 bridgehead atoms. The van der Waals surface area contributed by atoms with Crippen molar-refractivity contribution < 1.29 is 22.7 Å². The van der Waals surface area contributed by atoms with Gasteiger partial charge in [-0.25, -0.2) is 0 Å². The van der Waals surface area contributed by atoms with Crippen molar-refractivity contribution in [3.8, 4) is 5.69 Å². The number of hydrogen-bond acceptors (Lipinski definition) is 5. The second kappa shape index (κ2) is 9.36. The molecule has 10 heteroatoms. The number of aryl methyl sites for hydroxylation is 1. The summed E-state index contributed by atoms with van der Waals surface area (Å²) >= 11 is 2.97. The van der Waals surface area contributed by atoms with Crippen molar-refractivity contribution in [2.45, 2.75) is 29.7 Å². The minimum absolute atomic E-state index is 0.0517. The zero-order chi connectivity index (χ0) is 23.8. The number of nitrogens with one attached hydrogen (secondary N) is 1. The first-order valence-corrected chi connectivity index (χ1v) is 11.9. The molecule has 1 aliphatic heterocycles. The first-order chi connectivity index (χ1) is 15.7. The summed E-state index contributed by atoms with van der Waals surface area (Å²) in [5.74, 6) is -0.564. The predicted molar refractivity (Wildman–Crippen MR) is 123 cm³/mol. The predicted octanol–water partition coefficient (Wildman–Crippen LogP) is 4.99. The Bertz CT molecular complexity index is 1240. The van der Waals surface area contributed by atoms with Crippen molar-refractivity contribution in [2.24, 2.45) is 0 Å². The third kappa shape index (κ3) is 4.73. The van der Waals surface area contributed by atoms with Crippen molar-refractivity contribution in [2.75, 3.05) is 20.3 Å². The van der Waals surface area contributed by atoms with Crippen LogP contribution in [0, 0.1) is 6.92 Å². The lowest BCUT2D eigenvalue weighted by molar-refractivity contribution is -0.137. The number of rotatable bonds is 5. The summed E-state index contributed by atoms with van der Waals surface area (Å²) in [7, 11) is 1.50. The van der Waals surface area contributed by atoms with E-state index in [4.69, 9.17) is 4.74 Å². The third-order valence-electron chi connectivity index (χ3n) is 5.35. The number of thioether (sulfide) groups is 1. The number of amides is 1. The molecular formula is C23H21F3N2O3S2. The van der Waals surface area contributed by atoms with Gasteiger partial charge in [0.05, 0.1) is 17.9 Å². The van der Waals surface area contributed by atoms with Crippen LogP contribution in [0.3, 0.4) is 0 Å². The number of ether oxygens (including phenoxy) is 1. The van der Waals surface area contributed by atoms with Crippen LogP contribution in [0.1, 0.15) is 37.4 Å². The van der Waals surface area contributed by atoms with Crippen LogP contribution >= 0.6 is 23.1 Å². The maximum atomic E-state index is 13.5. The number of nitrogens with zero attached hydrogens (tertiary/aromatic N) is 1. The fourth-order valence-corrected chi connectivity index (χ4v) is 6.07. The molecule has 174 valence electrons. The number of methoxy groups -OCH3 is 1. The summed E-state index contributed by atoms with van der Waals surface area (Å²) in [6, 6.07) is 8.78. The van der Waals surface area contributed by atoms with Gasteiger partial charge in [-0.2, -0.15) is 13.2 Å². The van der Waals surface area contributed by atoms with Crippen molar-refractivity contribution in [1.29, 1.82) is 0 Å². The maximum Gasteiger partial charge on any atom is 0.416 e. The van der Waals surface area contributed by atoms with Gasteiger partial charge < -0.3 is 14.6 Å². The van der Waals surface area contributed by atoms with E-state index in [2.05, 4.69) is 5.32 Å². The molecule has 3 aromatic rings. The number of alkyl halides is 3. The van der Waals surface area contributed by atoms with Gasteiger partial charge >= 0.3 is 6.18 Å². The fraction of sp³-hybridized carbons (Fsp3) is 0.304. The summed E-state index contributed by atoms with van der Waals surface area (Å²) < 4.78 is 47.2. The Kier molecular flexibility index (Phi) is 6.69. The lowest BCUT2D eigenvalue weighted by atomic mass is 10.0. The SMILES string of the molecule is COCCNC(=O)c1c2n(c(C)cc1=O)-c1cc(C(F)(F)F)ccc1SC(c1cccs1)C2. The molecule has 0 saturated heterocycles. The summed E-state index contributed by atoms with van der Waals surface area (Å²) in [5, 5.41) is 4.44. The molecule has 1 N–H and O–H groups in total. The molecule has 33 heavy (non-hydrogen) atoms. The standard InChI is InChI=1S/C23H21F3N2O3S2/c1-13-10-17(29)21(22(30)27-7-8-31-2)16-12-20(19-4-3-9-32-19)33-18-6-5-14(23(24,25)26)11-15(18)28(13)16/h3-6,9-11,20H,7-8,12H2,1-2H3,(H,27,30). The van der Waals surface area contributed by atoms with Gasteiger partial charge in [-0.05, 0) is 36.6 Å².